The summed E-state index contributed by atoms with van der Waals surface area (Å²) in [5, 5.41) is 2.43. The minimum atomic E-state index is -0.361. The summed E-state index contributed by atoms with van der Waals surface area (Å²) in [5.74, 6) is -0.334. The SMILES string of the molecule is CCC(=O)OC1CC(=O)N1. The number of rotatable bonds is 2. The third-order valence-corrected chi connectivity index (χ3v) is 1.26. The van der Waals surface area contributed by atoms with Crippen LogP contribution in [0.4, 0.5) is 0 Å². The molecule has 4 heteroatoms. The Hall–Kier alpha value is -1.06. The molecule has 4 nitrogen and oxygen atoms in total. The van der Waals surface area contributed by atoms with Crippen LogP contribution >= 0.6 is 0 Å². The molecule has 0 aromatic rings. The zero-order valence-electron chi connectivity index (χ0n) is 5.72. The molecule has 0 spiro atoms. The lowest BCUT2D eigenvalue weighted by Gasteiger charge is -2.25. The number of amides is 1. The second kappa shape index (κ2) is 2.68. The smallest absolute Gasteiger partial charge is 0.307 e. The topological polar surface area (TPSA) is 55.4 Å². The van der Waals surface area contributed by atoms with Gasteiger partial charge in [0.1, 0.15) is 0 Å². The first-order valence-electron chi connectivity index (χ1n) is 3.21. The zero-order chi connectivity index (χ0) is 7.56. The number of hydrogen-bond donors (Lipinski definition) is 1. The van der Waals surface area contributed by atoms with E-state index in [-0.39, 0.29) is 18.1 Å². The van der Waals surface area contributed by atoms with E-state index in [4.69, 9.17) is 4.74 Å². The fraction of sp³-hybridized carbons (Fsp3) is 0.667. The maximum absolute atomic E-state index is 10.5. The Balaban J connectivity index is 2.16. The van der Waals surface area contributed by atoms with Crippen molar-refractivity contribution in [1.82, 2.24) is 5.32 Å². The largest absolute Gasteiger partial charge is 0.441 e. The summed E-state index contributed by atoms with van der Waals surface area (Å²) in [6.45, 7) is 1.71. The predicted molar refractivity (Wildman–Crippen MR) is 32.9 cm³/mol. The van der Waals surface area contributed by atoms with Gasteiger partial charge in [-0.15, -0.1) is 0 Å². The molecule has 1 saturated heterocycles. The molecule has 1 rings (SSSR count). The second-order valence-corrected chi connectivity index (χ2v) is 2.10. The van der Waals surface area contributed by atoms with E-state index in [9.17, 15) is 9.59 Å². The summed E-state index contributed by atoms with van der Waals surface area (Å²) < 4.78 is 4.74. The average molecular weight is 143 g/mol. The third-order valence-electron chi connectivity index (χ3n) is 1.26. The van der Waals surface area contributed by atoms with Crippen molar-refractivity contribution >= 4 is 11.9 Å². The van der Waals surface area contributed by atoms with Crippen LogP contribution in [0.3, 0.4) is 0 Å². The fourth-order valence-electron chi connectivity index (χ4n) is 0.640. The molecule has 1 fully saturated rings. The summed E-state index contributed by atoms with van der Waals surface area (Å²) in [7, 11) is 0. The summed E-state index contributed by atoms with van der Waals surface area (Å²) in [6.07, 6.45) is 0.304. The number of carbonyl (C=O) groups excluding carboxylic acids is 2. The van der Waals surface area contributed by atoms with Crippen LogP contribution in [0.1, 0.15) is 19.8 Å². The number of β-lactam (4-membered cyclic amide) rings is 1. The highest BCUT2D eigenvalue weighted by Gasteiger charge is 2.27. The molecule has 1 aliphatic heterocycles. The molecule has 10 heavy (non-hydrogen) atoms. The van der Waals surface area contributed by atoms with Crippen LogP contribution in [-0.4, -0.2) is 18.1 Å². The molecule has 0 saturated carbocycles. The van der Waals surface area contributed by atoms with E-state index in [2.05, 4.69) is 5.32 Å². The van der Waals surface area contributed by atoms with Gasteiger partial charge in [0.2, 0.25) is 5.91 Å². The van der Waals surface area contributed by atoms with Gasteiger partial charge in [0.15, 0.2) is 6.23 Å². The first-order chi connectivity index (χ1) is 4.72. The van der Waals surface area contributed by atoms with Crippen LogP contribution in [0, 0.1) is 0 Å². The Morgan fingerprint density at radius 3 is 2.90 bits per heavy atom. The maximum Gasteiger partial charge on any atom is 0.307 e. The van der Waals surface area contributed by atoms with E-state index in [1.807, 2.05) is 0 Å². The summed E-state index contributed by atoms with van der Waals surface area (Å²) in [4.78, 5) is 20.8. The van der Waals surface area contributed by atoms with Crippen molar-refractivity contribution in [2.75, 3.05) is 0 Å². The molecule has 1 aliphatic rings. The Labute approximate surface area is 58.5 Å². The van der Waals surface area contributed by atoms with Gasteiger partial charge in [-0.05, 0) is 0 Å². The first-order valence-corrected chi connectivity index (χ1v) is 3.21. The number of hydrogen-bond acceptors (Lipinski definition) is 3. The molecule has 56 valence electrons. The number of nitrogens with one attached hydrogen (secondary N) is 1. The quantitative estimate of drug-likeness (QED) is 0.429. The molecular weight excluding hydrogens is 134 g/mol. The van der Waals surface area contributed by atoms with E-state index in [1.54, 1.807) is 6.92 Å². The van der Waals surface area contributed by atoms with Gasteiger partial charge in [0.05, 0.1) is 6.42 Å². The van der Waals surface area contributed by atoms with Crippen molar-refractivity contribution in [1.29, 1.82) is 0 Å². The molecule has 1 heterocycles. The molecule has 0 aromatic heterocycles. The Kier molecular flexibility index (Phi) is 1.89. The monoisotopic (exact) mass is 143 g/mol. The van der Waals surface area contributed by atoms with Crippen LogP contribution < -0.4 is 5.32 Å². The Bertz CT molecular complexity index is 158. The van der Waals surface area contributed by atoms with E-state index in [0.717, 1.165) is 0 Å². The predicted octanol–water partition coefficient (Wildman–Crippen LogP) is -0.214. The van der Waals surface area contributed by atoms with Crippen molar-refractivity contribution in [3.8, 4) is 0 Å². The Morgan fingerprint density at radius 1 is 1.90 bits per heavy atom. The van der Waals surface area contributed by atoms with Crippen molar-refractivity contribution in [2.45, 2.75) is 26.0 Å². The average Bonchev–Trinajstić information content (AvgIpc) is 1.84. The molecule has 1 amide bonds. The minimum Gasteiger partial charge on any atom is -0.441 e. The Morgan fingerprint density at radius 2 is 2.50 bits per heavy atom. The van der Waals surface area contributed by atoms with Gasteiger partial charge in [0, 0.05) is 6.42 Å². The van der Waals surface area contributed by atoms with Gasteiger partial charge >= 0.3 is 5.97 Å². The van der Waals surface area contributed by atoms with Crippen LogP contribution in [0.2, 0.25) is 0 Å². The molecule has 1 unspecified atom stereocenters. The van der Waals surface area contributed by atoms with Gasteiger partial charge in [-0.3, -0.25) is 9.59 Å². The molecular formula is C6H9NO3. The van der Waals surface area contributed by atoms with Gasteiger partial charge in [-0.25, -0.2) is 0 Å². The standard InChI is InChI=1S/C6H9NO3/c1-2-6(9)10-5-3-4(8)7-5/h5H,2-3H2,1H3,(H,7,8). The number of esters is 1. The molecule has 0 aliphatic carbocycles. The molecule has 0 bridgehead atoms. The molecule has 1 N–H and O–H groups in total. The van der Waals surface area contributed by atoms with Crippen molar-refractivity contribution in [2.24, 2.45) is 0 Å². The summed E-state index contributed by atoms with van der Waals surface area (Å²) in [5.41, 5.74) is 0. The van der Waals surface area contributed by atoms with Gasteiger partial charge in [0.25, 0.3) is 0 Å². The maximum atomic E-state index is 10.5. The summed E-state index contributed by atoms with van der Waals surface area (Å²) >= 11 is 0. The van der Waals surface area contributed by atoms with Gasteiger partial charge in [-0.1, -0.05) is 6.92 Å². The second-order valence-electron chi connectivity index (χ2n) is 2.10. The normalized spacial score (nSPS) is 22.9. The van der Waals surface area contributed by atoms with Gasteiger partial charge in [-0.2, -0.15) is 0 Å². The minimum absolute atomic E-state index is 0.0612. The van der Waals surface area contributed by atoms with Crippen LogP contribution in [0.15, 0.2) is 0 Å². The van der Waals surface area contributed by atoms with Crippen LogP contribution in [0.5, 0.6) is 0 Å². The van der Waals surface area contributed by atoms with Crippen molar-refractivity contribution in [3.63, 3.8) is 0 Å². The van der Waals surface area contributed by atoms with E-state index in [0.29, 0.717) is 12.8 Å². The van der Waals surface area contributed by atoms with E-state index < -0.39 is 0 Å². The van der Waals surface area contributed by atoms with E-state index in [1.165, 1.54) is 0 Å². The highest BCUT2D eigenvalue weighted by atomic mass is 16.6. The zero-order valence-corrected chi connectivity index (χ0v) is 5.72. The lowest BCUT2D eigenvalue weighted by atomic mass is 10.2. The molecule has 1 atom stereocenters. The first kappa shape index (κ1) is 7.05. The summed E-state index contributed by atoms with van der Waals surface area (Å²) in [6, 6.07) is 0. The van der Waals surface area contributed by atoms with Crippen LogP contribution in [0.25, 0.3) is 0 Å². The molecule has 0 aromatic carbocycles. The fourth-order valence-corrected chi connectivity index (χ4v) is 0.640. The van der Waals surface area contributed by atoms with Crippen molar-refractivity contribution < 1.29 is 14.3 Å². The highest BCUT2D eigenvalue weighted by molar-refractivity contribution is 5.83. The lowest BCUT2D eigenvalue weighted by Crippen LogP contribution is -2.50. The van der Waals surface area contributed by atoms with Gasteiger partial charge < -0.3 is 10.1 Å². The third kappa shape index (κ3) is 1.46. The van der Waals surface area contributed by atoms with E-state index >= 15 is 0 Å². The highest BCUT2D eigenvalue weighted by Crippen LogP contribution is 2.05. The lowest BCUT2D eigenvalue weighted by molar-refractivity contribution is -0.160. The van der Waals surface area contributed by atoms with Crippen LogP contribution in [-0.2, 0) is 14.3 Å². The number of ether oxygens (including phenoxy) is 1. The number of carbonyl (C=O) groups is 2. The molecule has 0 radical (unpaired) electrons. The van der Waals surface area contributed by atoms with Crippen molar-refractivity contribution in [3.05, 3.63) is 0 Å².